The second-order valence-corrected chi connectivity index (χ2v) is 3.28. The lowest BCUT2D eigenvalue weighted by Crippen LogP contribution is -1.99. The van der Waals surface area contributed by atoms with E-state index in [1.165, 1.54) is 17.8 Å². The zero-order valence-corrected chi connectivity index (χ0v) is 7.78. The summed E-state index contributed by atoms with van der Waals surface area (Å²) in [5.41, 5.74) is 1.11. The Morgan fingerprint density at radius 2 is 2.38 bits per heavy atom. The second-order valence-electron chi connectivity index (χ2n) is 2.62. The van der Waals surface area contributed by atoms with Gasteiger partial charge in [-0.05, 0) is 17.6 Å². The number of rotatable bonds is 2. The van der Waals surface area contributed by atoms with Gasteiger partial charge in [0.15, 0.2) is 5.89 Å². The molecule has 13 heavy (non-hydrogen) atoms. The van der Waals surface area contributed by atoms with Gasteiger partial charge in [-0.2, -0.15) is 4.37 Å². The Bertz CT molecular complexity index is 383. The number of nitrogens with zero attached hydrogens (tertiary/aromatic N) is 2. The highest BCUT2D eigenvalue weighted by Crippen LogP contribution is 2.20. The highest BCUT2D eigenvalue weighted by Gasteiger charge is 2.15. The maximum absolute atomic E-state index is 9.72. The van der Waals surface area contributed by atoms with E-state index < -0.39 is 6.10 Å². The summed E-state index contributed by atoms with van der Waals surface area (Å²) in [7, 11) is 0. The van der Waals surface area contributed by atoms with E-state index in [9.17, 15) is 5.11 Å². The molecule has 0 saturated heterocycles. The Morgan fingerprint density at radius 3 is 2.92 bits per heavy atom. The van der Waals surface area contributed by atoms with E-state index in [0.29, 0.717) is 17.3 Å². The van der Waals surface area contributed by atoms with Gasteiger partial charge in [-0.25, -0.2) is 4.98 Å². The molecule has 4 nitrogen and oxygen atoms in total. The van der Waals surface area contributed by atoms with Crippen LogP contribution in [0.1, 0.15) is 23.4 Å². The molecule has 2 aromatic rings. The first kappa shape index (κ1) is 8.40. The summed E-state index contributed by atoms with van der Waals surface area (Å²) in [5, 5.41) is 11.5. The van der Waals surface area contributed by atoms with E-state index in [0.717, 1.165) is 0 Å². The summed E-state index contributed by atoms with van der Waals surface area (Å²) < 4.78 is 9.00. The van der Waals surface area contributed by atoms with E-state index in [-0.39, 0.29) is 0 Å². The Labute approximate surface area is 79.0 Å². The molecule has 0 aliphatic rings. The van der Waals surface area contributed by atoms with E-state index in [1.807, 2.05) is 5.38 Å². The Morgan fingerprint density at radius 1 is 1.54 bits per heavy atom. The van der Waals surface area contributed by atoms with Gasteiger partial charge in [0, 0.05) is 12.3 Å². The minimum Gasteiger partial charge on any atom is -0.449 e. The van der Waals surface area contributed by atoms with Crippen LogP contribution in [0.25, 0.3) is 0 Å². The van der Waals surface area contributed by atoms with E-state index in [4.69, 9.17) is 4.42 Å². The molecule has 1 atom stereocenters. The first-order valence-electron chi connectivity index (χ1n) is 3.78. The molecule has 0 aromatic carbocycles. The lowest BCUT2D eigenvalue weighted by atomic mass is 10.2. The van der Waals surface area contributed by atoms with Crippen molar-refractivity contribution in [2.24, 2.45) is 0 Å². The molecule has 0 saturated carbocycles. The standard InChI is InChI=1S/C8H8N2O2S/c1-5-9-7(4-12-5)8(11)6-2-3-13-10-6/h2-4,8,11H,1H3. The molecule has 2 aromatic heterocycles. The third kappa shape index (κ3) is 1.61. The Hall–Kier alpha value is -1.20. The molecule has 0 fully saturated rings. The molecular weight excluding hydrogens is 188 g/mol. The Balaban J connectivity index is 2.28. The van der Waals surface area contributed by atoms with Crippen LogP contribution in [0.3, 0.4) is 0 Å². The maximum Gasteiger partial charge on any atom is 0.191 e. The molecule has 2 rings (SSSR count). The fourth-order valence-electron chi connectivity index (χ4n) is 1.02. The average molecular weight is 196 g/mol. The molecule has 0 bridgehead atoms. The SMILES string of the molecule is Cc1nc(C(O)c2ccsn2)co1. The maximum atomic E-state index is 9.72. The molecule has 0 radical (unpaired) electrons. The molecule has 2 heterocycles. The summed E-state index contributed by atoms with van der Waals surface area (Å²) in [6.07, 6.45) is 0.669. The van der Waals surface area contributed by atoms with Crippen molar-refractivity contribution < 1.29 is 9.52 Å². The first-order valence-corrected chi connectivity index (χ1v) is 4.61. The van der Waals surface area contributed by atoms with Crippen molar-refractivity contribution >= 4 is 11.5 Å². The fraction of sp³-hybridized carbons (Fsp3) is 0.250. The van der Waals surface area contributed by atoms with Gasteiger partial charge in [-0.15, -0.1) is 0 Å². The monoisotopic (exact) mass is 196 g/mol. The lowest BCUT2D eigenvalue weighted by Gasteiger charge is -2.01. The molecule has 0 amide bonds. The third-order valence-corrected chi connectivity index (χ3v) is 2.23. The van der Waals surface area contributed by atoms with Gasteiger partial charge < -0.3 is 9.52 Å². The smallest absolute Gasteiger partial charge is 0.191 e. The Kier molecular flexibility index (Phi) is 2.12. The molecule has 0 aliphatic heterocycles. The van der Waals surface area contributed by atoms with Crippen molar-refractivity contribution in [1.82, 2.24) is 9.36 Å². The predicted molar refractivity (Wildman–Crippen MR) is 47.4 cm³/mol. The number of aryl methyl sites for hydroxylation is 1. The van der Waals surface area contributed by atoms with Crippen LogP contribution in [0, 0.1) is 6.92 Å². The van der Waals surface area contributed by atoms with Gasteiger partial charge in [0.25, 0.3) is 0 Å². The number of hydrogen-bond donors (Lipinski definition) is 1. The van der Waals surface area contributed by atoms with E-state index in [2.05, 4.69) is 9.36 Å². The molecule has 1 N–H and O–H groups in total. The predicted octanol–water partition coefficient (Wildman–Crippen LogP) is 1.52. The van der Waals surface area contributed by atoms with Crippen LogP contribution in [0.15, 0.2) is 22.1 Å². The molecular formula is C8H8N2O2S. The van der Waals surface area contributed by atoms with Crippen molar-refractivity contribution in [1.29, 1.82) is 0 Å². The van der Waals surface area contributed by atoms with Crippen molar-refractivity contribution in [3.05, 3.63) is 35.0 Å². The second kappa shape index (κ2) is 3.27. The third-order valence-electron chi connectivity index (χ3n) is 1.65. The average Bonchev–Trinajstić information content (AvgIpc) is 2.72. The van der Waals surface area contributed by atoms with Crippen LogP contribution in [-0.4, -0.2) is 14.5 Å². The van der Waals surface area contributed by atoms with Gasteiger partial charge in [0.1, 0.15) is 18.1 Å². The molecule has 0 spiro atoms. The van der Waals surface area contributed by atoms with Crippen molar-refractivity contribution in [3.63, 3.8) is 0 Å². The summed E-state index contributed by atoms with van der Waals surface area (Å²) in [6, 6.07) is 1.76. The molecule has 68 valence electrons. The van der Waals surface area contributed by atoms with Crippen LogP contribution in [-0.2, 0) is 0 Å². The van der Waals surface area contributed by atoms with Gasteiger partial charge in [-0.3, -0.25) is 0 Å². The summed E-state index contributed by atoms with van der Waals surface area (Å²) in [4.78, 5) is 4.01. The van der Waals surface area contributed by atoms with Crippen LogP contribution in [0.5, 0.6) is 0 Å². The molecule has 5 heteroatoms. The number of aromatic nitrogens is 2. The van der Waals surface area contributed by atoms with Crippen LogP contribution >= 0.6 is 11.5 Å². The van der Waals surface area contributed by atoms with E-state index in [1.54, 1.807) is 13.0 Å². The van der Waals surface area contributed by atoms with Gasteiger partial charge >= 0.3 is 0 Å². The molecule has 1 unspecified atom stereocenters. The fourth-order valence-corrected chi connectivity index (χ4v) is 1.56. The number of aliphatic hydroxyl groups is 1. The lowest BCUT2D eigenvalue weighted by molar-refractivity contribution is 0.211. The number of oxazole rings is 1. The van der Waals surface area contributed by atoms with Crippen molar-refractivity contribution in [2.45, 2.75) is 13.0 Å². The van der Waals surface area contributed by atoms with Crippen molar-refractivity contribution in [3.8, 4) is 0 Å². The van der Waals surface area contributed by atoms with Crippen molar-refractivity contribution in [2.75, 3.05) is 0 Å². The van der Waals surface area contributed by atoms with Gasteiger partial charge in [0.05, 0.1) is 5.69 Å². The number of aliphatic hydroxyl groups excluding tert-OH is 1. The summed E-state index contributed by atoms with van der Waals surface area (Å²) >= 11 is 1.30. The zero-order valence-electron chi connectivity index (χ0n) is 6.97. The summed E-state index contributed by atoms with van der Waals surface area (Å²) in [5.74, 6) is 0.546. The normalized spacial score (nSPS) is 13.1. The van der Waals surface area contributed by atoms with Gasteiger partial charge in [-0.1, -0.05) is 0 Å². The van der Waals surface area contributed by atoms with Crippen LogP contribution < -0.4 is 0 Å². The summed E-state index contributed by atoms with van der Waals surface area (Å²) in [6.45, 7) is 1.73. The zero-order chi connectivity index (χ0) is 9.26. The highest BCUT2D eigenvalue weighted by molar-refractivity contribution is 7.03. The van der Waals surface area contributed by atoms with Crippen LogP contribution in [0.2, 0.25) is 0 Å². The van der Waals surface area contributed by atoms with E-state index >= 15 is 0 Å². The number of hydrogen-bond acceptors (Lipinski definition) is 5. The largest absolute Gasteiger partial charge is 0.449 e. The van der Waals surface area contributed by atoms with Gasteiger partial charge in [0.2, 0.25) is 0 Å². The van der Waals surface area contributed by atoms with Crippen LogP contribution in [0.4, 0.5) is 0 Å². The topological polar surface area (TPSA) is 59.2 Å². The minimum atomic E-state index is -0.774. The quantitative estimate of drug-likeness (QED) is 0.791. The first-order chi connectivity index (χ1) is 6.27. The minimum absolute atomic E-state index is 0.503. The molecule has 0 aliphatic carbocycles. The highest BCUT2D eigenvalue weighted by atomic mass is 32.1.